The summed E-state index contributed by atoms with van der Waals surface area (Å²) in [6, 6.07) is 3.86. The molecule has 2 aromatic rings. The molecule has 0 bridgehead atoms. The molecule has 0 aliphatic rings. The summed E-state index contributed by atoms with van der Waals surface area (Å²) >= 11 is 1.54. The maximum absolute atomic E-state index is 11.8. The lowest BCUT2D eigenvalue weighted by Crippen LogP contribution is -2.34. The summed E-state index contributed by atoms with van der Waals surface area (Å²) in [4.78, 5) is 20.3. The number of nitrogens with one attached hydrogen (secondary N) is 1. The molecule has 2 heterocycles. The molecule has 0 radical (unpaired) electrons. The van der Waals surface area contributed by atoms with Crippen LogP contribution in [0.3, 0.4) is 0 Å². The van der Waals surface area contributed by atoms with Gasteiger partial charge in [-0.2, -0.15) is 0 Å². The number of thiazole rings is 1. The molecule has 0 saturated heterocycles. The molecule has 2 rings (SSSR count). The van der Waals surface area contributed by atoms with Gasteiger partial charge in [-0.05, 0) is 12.1 Å². The number of hydrogen-bond acceptors (Lipinski definition) is 4. The number of carbonyl (C=O) groups excluding carboxylic acids is 1. The van der Waals surface area contributed by atoms with Gasteiger partial charge in [-0.15, -0.1) is 11.3 Å². The van der Waals surface area contributed by atoms with Crippen LogP contribution < -0.4 is 5.32 Å². The van der Waals surface area contributed by atoms with E-state index >= 15 is 0 Å². The largest absolute Gasteiger partial charge is 0.349 e. The van der Waals surface area contributed by atoms with E-state index in [0.29, 0.717) is 6.54 Å². The SMILES string of the molecule is CC(C)(C)C(=O)NCc1nc(-c2cccnc2)cs1. The molecular formula is C14H17N3OS. The third-order valence-electron chi connectivity index (χ3n) is 2.59. The van der Waals surface area contributed by atoms with Crippen molar-refractivity contribution in [2.24, 2.45) is 5.41 Å². The Labute approximate surface area is 116 Å². The zero-order valence-corrected chi connectivity index (χ0v) is 12.1. The van der Waals surface area contributed by atoms with Gasteiger partial charge in [0.1, 0.15) is 5.01 Å². The zero-order chi connectivity index (χ0) is 13.9. The first-order chi connectivity index (χ1) is 8.97. The second kappa shape index (κ2) is 5.48. The van der Waals surface area contributed by atoms with E-state index in [2.05, 4.69) is 15.3 Å². The van der Waals surface area contributed by atoms with Gasteiger partial charge in [0.05, 0.1) is 12.2 Å². The first-order valence-electron chi connectivity index (χ1n) is 6.10. The van der Waals surface area contributed by atoms with Crippen molar-refractivity contribution in [3.63, 3.8) is 0 Å². The molecule has 19 heavy (non-hydrogen) atoms. The minimum atomic E-state index is -0.372. The maximum Gasteiger partial charge on any atom is 0.225 e. The van der Waals surface area contributed by atoms with E-state index in [9.17, 15) is 4.79 Å². The first-order valence-corrected chi connectivity index (χ1v) is 6.98. The van der Waals surface area contributed by atoms with E-state index in [4.69, 9.17) is 0 Å². The second-order valence-corrected chi connectivity index (χ2v) is 6.24. The summed E-state index contributed by atoms with van der Waals surface area (Å²) in [6.07, 6.45) is 3.52. The smallest absolute Gasteiger partial charge is 0.225 e. The van der Waals surface area contributed by atoms with E-state index in [1.54, 1.807) is 23.7 Å². The Balaban J connectivity index is 2.01. The average Bonchev–Trinajstić information content (AvgIpc) is 2.84. The standard InChI is InChI=1S/C14H17N3OS/c1-14(2,3)13(18)16-8-12-17-11(9-19-12)10-5-4-6-15-7-10/h4-7,9H,8H2,1-3H3,(H,16,18). The van der Waals surface area contributed by atoms with Gasteiger partial charge in [0, 0.05) is 28.8 Å². The van der Waals surface area contributed by atoms with Gasteiger partial charge < -0.3 is 5.32 Å². The Kier molecular flexibility index (Phi) is 3.95. The second-order valence-electron chi connectivity index (χ2n) is 5.30. The molecule has 5 heteroatoms. The molecule has 0 spiro atoms. The number of carbonyl (C=O) groups is 1. The van der Waals surface area contributed by atoms with Crippen LogP contribution in [0.4, 0.5) is 0 Å². The minimum absolute atomic E-state index is 0.0330. The summed E-state index contributed by atoms with van der Waals surface area (Å²) in [5, 5.41) is 5.78. The number of pyridine rings is 1. The van der Waals surface area contributed by atoms with E-state index in [1.807, 2.05) is 38.3 Å². The molecule has 0 unspecified atom stereocenters. The fourth-order valence-corrected chi connectivity index (χ4v) is 2.20. The van der Waals surface area contributed by atoms with Gasteiger partial charge in [-0.25, -0.2) is 4.98 Å². The summed E-state index contributed by atoms with van der Waals surface area (Å²) in [6.45, 7) is 6.16. The maximum atomic E-state index is 11.8. The van der Waals surface area contributed by atoms with E-state index in [1.165, 1.54) is 0 Å². The van der Waals surface area contributed by atoms with Gasteiger partial charge in [0.2, 0.25) is 5.91 Å². The normalized spacial score (nSPS) is 11.3. The lowest BCUT2D eigenvalue weighted by atomic mass is 9.96. The number of hydrogen-bond donors (Lipinski definition) is 1. The van der Waals surface area contributed by atoms with Crippen LogP contribution in [0.2, 0.25) is 0 Å². The van der Waals surface area contributed by atoms with Crippen LogP contribution >= 0.6 is 11.3 Å². The predicted molar refractivity (Wildman–Crippen MR) is 76.6 cm³/mol. The summed E-state index contributed by atoms with van der Waals surface area (Å²) in [7, 11) is 0. The Hall–Kier alpha value is -1.75. The third-order valence-corrected chi connectivity index (χ3v) is 3.44. The summed E-state index contributed by atoms with van der Waals surface area (Å²) in [5.41, 5.74) is 1.52. The lowest BCUT2D eigenvalue weighted by Gasteiger charge is -2.16. The molecule has 1 amide bonds. The van der Waals surface area contributed by atoms with Crippen LogP contribution in [0.25, 0.3) is 11.3 Å². The van der Waals surface area contributed by atoms with E-state index < -0.39 is 0 Å². The predicted octanol–water partition coefficient (Wildman–Crippen LogP) is 2.87. The highest BCUT2D eigenvalue weighted by Crippen LogP contribution is 2.21. The monoisotopic (exact) mass is 275 g/mol. The molecule has 0 aliphatic carbocycles. The first kappa shape index (κ1) is 13.7. The van der Waals surface area contributed by atoms with Gasteiger partial charge >= 0.3 is 0 Å². The van der Waals surface area contributed by atoms with Gasteiger partial charge in [-0.3, -0.25) is 9.78 Å². The molecule has 0 fully saturated rings. The highest BCUT2D eigenvalue weighted by Gasteiger charge is 2.20. The van der Waals surface area contributed by atoms with Gasteiger partial charge in [0.25, 0.3) is 0 Å². The molecule has 0 atom stereocenters. The van der Waals surface area contributed by atoms with Crippen molar-refractivity contribution in [3.8, 4) is 11.3 Å². The molecule has 4 nitrogen and oxygen atoms in total. The average molecular weight is 275 g/mol. The summed E-state index contributed by atoms with van der Waals surface area (Å²) < 4.78 is 0. The van der Waals surface area contributed by atoms with E-state index in [0.717, 1.165) is 16.3 Å². The van der Waals surface area contributed by atoms with Crippen LogP contribution in [-0.2, 0) is 11.3 Å². The van der Waals surface area contributed by atoms with Crippen LogP contribution in [0, 0.1) is 5.41 Å². The fraction of sp³-hybridized carbons (Fsp3) is 0.357. The van der Waals surface area contributed by atoms with Crippen LogP contribution in [-0.4, -0.2) is 15.9 Å². The number of rotatable bonds is 3. The minimum Gasteiger partial charge on any atom is -0.349 e. The van der Waals surface area contributed by atoms with Crippen molar-refractivity contribution >= 4 is 17.2 Å². The van der Waals surface area contributed by atoms with Crippen molar-refractivity contribution in [1.82, 2.24) is 15.3 Å². The number of aromatic nitrogens is 2. The van der Waals surface area contributed by atoms with Crippen LogP contribution in [0.15, 0.2) is 29.9 Å². The quantitative estimate of drug-likeness (QED) is 0.937. The molecule has 0 aromatic carbocycles. The van der Waals surface area contributed by atoms with Crippen LogP contribution in [0.5, 0.6) is 0 Å². The van der Waals surface area contributed by atoms with Crippen molar-refractivity contribution < 1.29 is 4.79 Å². The van der Waals surface area contributed by atoms with Crippen molar-refractivity contribution in [3.05, 3.63) is 34.9 Å². The Bertz CT molecular complexity index is 558. The van der Waals surface area contributed by atoms with E-state index in [-0.39, 0.29) is 11.3 Å². The highest BCUT2D eigenvalue weighted by atomic mass is 32.1. The molecule has 0 aliphatic heterocycles. The third kappa shape index (κ3) is 3.61. The fourth-order valence-electron chi connectivity index (χ4n) is 1.46. The molecule has 100 valence electrons. The number of nitrogens with zero attached hydrogens (tertiary/aromatic N) is 2. The highest BCUT2D eigenvalue weighted by molar-refractivity contribution is 7.09. The van der Waals surface area contributed by atoms with Crippen molar-refractivity contribution in [1.29, 1.82) is 0 Å². The summed E-state index contributed by atoms with van der Waals surface area (Å²) in [5.74, 6) is 0.0330. The molecule has 1 N–H and O–H groups in total. The molecular weight excluding hydrogens is 258 g/mol. The molecule has 2 aromatic heterocycles. The lowest BCUT2D eigenvalue weighted by molar-refractivity contribution is -0.128. The Morgan fingerprint density at radius 1 is 1.42 bits per heavy atom. The number of amides is 1. The Morgan fingerprint density at radius 2 is 2.21 bits per heavy atom. The van der Waals surface area contributed by atoms with Gasteiger partial charge in [0.15, 0.2) is 0 Å². The van der Waals surface area contributed by atoms with Crippen LogP contribution in [0.1, 0.15) is 25.8 Å². The van der Waals surface area contributed by atoms with Gasteiger partial charge in [-0.1, -0.05) is 20.8 Å². The molecule has 0 saturated carbocycles. The zero-order valence-electron chi connectivity index (χ0n) is 11.3. The Morgan fingerprint density at radius 3 is 2.84 bits per heavy atom. The van der Waals surface area contributed by atoms with Crippen molar-refractivity contribution in [2.75, 3.05) is 0 Å². The van der Waals surface area contributed by atoms with Crippen molar-refractivity contribution in [2.45, 2.75) is 27.3 Å². The topological polar surface area (TPSA) is 54.9 Å².